The third kappa shape index (κ3) is 4.06. The summed E-state index contributed by atoms with van der Waals surface area (Å²) in [6.45, 7) is 3.05. The number of fused-ring (bicyclic) bond motifs is 1. The van der Waals surface area contributed by atoms with Crippen molar-refractivity contribution in [2.75, 3.05) is 36.0 Å². The van der Waals surface area contributed by atoms with E-state index in [4.69, 9.17) is 11.6 Å². The fourth-order valence-electron chi connectivity index (χ4n) is 4.35. The van der Waals surface area contributed by atoms with Gasteiger partial charge in [-0.25, -0.2) is 23.9 Å². The molecule has 35 heavy (non-hydrogen) atoms. The third-order valence-electron chi connectivity index (χ3n) is 6.17. The average molecular weight is 490 g/mol. The number of rotatable bonds is 4. The summed E-state index contributed by atoms with van der Waals surface area (Å²) in [5.41, 5.74) is 4.49. The maximum absolute atomic E-state index is 13.4. The molecule has 6 rings (SSSR count). The number of nitrogens with zero attached hydrogens (tertiary/aromatic N) is 9. The van der Waals surface area contributed by atoms with Crippen molar-refractivity contribution in [1.29, 1.82) is 0 Å². The van der Waals surface area contributed by atoms with Gasteiger partial charge in [-0.1, -0.05) is 11.6 Å². The van der Waals surface area contributed by atoms with Crippen LogP contribution in [0.2, 0.25) is 5.02 Å². The predicted octanol–water partition coefficient (Wildman–Crippen LogP) is 3.71. The molecule has 9 nitrogen and oxygen atoms in total. The molecule has 1 aromatic carbocycles. The lowest BCUT2D eigenvalue weighted by Crippen LogP contribution is -2.47. The Kier molecular flexibility index (Phi) is 5.29. The van der Waals surface area contributed by atoms with E-state index in [0.29, 0.717) is 16.5 Å². The van der Waals surface area contributed by atoms with E-state index in [2.05, 4.69) is 41.0 Å². The van der Waals surface area contributed by atoms with Gasteiger partial charge < -0.3 is 9.80 Å². The lowest BCUT2D eigenvalue weighted by atomic mass is 10.1. The van der Waals surface area contributed by atoms with Crippen LogP contribution in [0.5, 0.6) is 0 Å². The molecular weight excluding hydrogens is 469 g/mol. The van der Waals surface area contributed by atoms with Crippen LogP contribution in [0, 0.1) is 5.82 Å². The van der Waals surface area contributed by atoms with Crippen LogP contribution in [0.3, 0.4) is 0 Å². The van der Waals surface area contributed by atoms with E-state index in [1.807, 2.05) is 30.2 Å². The van der Waals surface area contributed by atoms with Gasteiger partial charge in [0.05, 0.1) is 11.2 Å². The van der Waals surface area contributed by atoms with Crippen LogP contribution >= 0.6 is 11.6 Å². The molecule has 4 aromatic heterocycles. The van der Waals surface area contributed by atoms with Crippen LogP contribution in [0.1, 0.15) is 0 Å². The molecule has 0 bridgehead atoms. The molecule has 0 spiro atoms. The Balaban J connectivity index is 1.18. The molecule has 176 valence electrons. The molecule has 0 radical (unpaired) electrons. The number of piperazine rings is 1. The van der Waals surface area contributed by atoms with Gasteiger partial charge in [-0.3, -0.25) is 4.68 Å². The summed E-state index contributed by atoms with van der Waals surface area (Å²) in [4.78, 5) is 18.1. The highest BCUT2D eigenvalue weighted by atomic mass is 35.5. The first-order valence-corrected chi connectivity index (χ1v) is 11.5. The van der Waals surface area contributed by atoms with Gasteiger partial charge in [0.15, 0.2) is 5.82 Å². The molecule has 0 aliphatic carbocycles. The number of aryl methyl sites for hydroxylation is 1. The first-order valence-electron chi connectivity index (χ1n) is 11.1. The Morgan fingerprint density at radius 3 is 2.31 bits per heavy atom. The van der Waals surface area contributed by atoms with E-state index < -0.39 is 0 Å². The number of hydrogen-bond acceptors (Lipinski definition) is 7. The highest BCUT2D eigenvalue weighted by Crippen LogP contribution is 2.29. The monoisotopic (exact) mass is 489 g/mol. The topological polar surface area (TPSA) is 80.3 Å². The Morgan fingerprint density at radius 2 is 1.60 bits per heavy atom. The Morgan fingerprint density at radius 1 is 0.829 bits per heavy atom. The first kappa shape index (κ1) is 21.5. The van der Waals surface area contributed by atoms with Gasteiger partial charge >= 0.3 is 0 Å². The number of aromatic nitrogens is 7. The normalized spacial score (nSPS) is 14.1. The van der Waals surface area contributed by atoms with Crippen LogP contribution in [-0.2, 0) is 7.05 Å². The average Bonchev–Trinajstić information content (AvgIpc) is 3.50. The number of hydrogen-bond donors (Lipinski definition) is 0. The van der Waals surface area contributed by atoms with Crippen molar-refractivity contribution < 1.29 is 4.39 Å². The molecule has 0 atom stereocenters. The predicted molar refractivity (Wildman–Crippen MR) is 132 cm³/mol. The van der Waals surface area contributed by atoms with Crippen LogP contribution in [-0.4, -0.2) is 60.5 Å². The SMILES string of the molecule is Cn1cc(-c2cc3c(N4CCN(c5ncc(-c6ccc(F)cc6Cl)cn5)CC4)ncnn3c2)cn1. The van der Waals surface area contributed by atoms with Gasteiger partial charge in [0.1, 0.15) is 17.7 Å². The first-order chi connectivity index (χ1) is 17.0. The Bertz CT molecular complexity index is 1500. The molecule has 0 saturated carbocycles. The van der Waals surface area contributed by atoms with E-state index in [-0.39, 0.29) is 5.82 Å². The maximum Gasteiger partial charge on any atom is 0.225 e. The molecule has 5 heterocycles. The minimum atomic E-state index is -0.372. The number of halogens is 2. The Hall–Kier alpha value is -4.05. The molecule has 1 saturated heterocycles. The summed E-state index contributed by atoms with van der Waals surface area (Å²) in [7, 11) is 1.90. The molecule has 0 unspecified atom stereocenters. The van der Waals surface area contributed by atoms with E-state index in [0.717, 1.165) is 54.2 Å². The molecule has 11 heteroatoms. The van der Waals surface area contributed by atoms with Gasteiger partial charge in [0.2, 0.25) is 5.95 Å². The molecule has 1 aliphatic rings. The highest BCUT2D eigenvalue weighted by Gasteiger charge is 2.22. The van der Waals surface area contributed by atoms with Crippen molar-refractivity contribution in [1.82, 2.24) is 34.3 Å². The summed E-state index contributed by atoms with van der Waals surface area (Å²) < 4.78 is 17.0. The maximum atomic E-state index is 13.4. The lowest BCUT2D eigenvalue weighted by Gasteiger charge is -2.35. The molecule has 0 N–H and O–H groups in total. The van der Waals surface area contributed by atoms with Gasteiger partial charge in [0.25, 0.3) is 0 Å². The van der Waals surface area contributed by atoms with Crippen LogP contribution in [0.4, 0.5) is 16.2 Å². The van der Waals surface area contributed by atoms with Gasteiger partial charge in [-0.2, -0.15) is 10.2 Å². The van der Waals surface area contributed by atoms with Crippen molar-refractivity contribution in [3.63, 3.8) is 0 Å². The second kappa shape index (κ2) is 8.62. The fourth-order valence-corrected chi connectivity index (χ4v) is 4.63. The van der Waals surface area contributed by atoms with Crippen molar-refractivity contribution >= 4 is 28.9 Å². The molecule has 1 aliphatic heterocycles. The van der Waals surface area contributed by atoms with E-state index in [9.17, 15) is 4.39 Å². The Labute approximate surface area is 205 Å². The van der Waals surface area contributed by atoms with Crippen molar-refractivity contribution in [3.8, 4) is 22.3 Å². The molecule has 0 amide bonds. The van der Waals surface area contributed by atoms with Gasteiger partial charge in [-0.05, 0) is 24.3 Å². The number of benzene rings is 1. The van der Waals surface area contributed by atoms with Crippen molar-refractivity contribution in [2.24, 2.45) is 7.05 Å². The smallest absolute Gasteiger partial charge is 0.225 e. The minimum absolute atomic E-state index is 0.336. The summed E-state index contributed by atoms with van der Waals surface area (Å²) in [5.74, 6) is 1.18. The second-order valence-electron chi connectivity index (χ2n) is 8.41. The molecular formula is C24H21ClFN9. The minimum Gasteiger partial charge on any atom is -0.351 e. The molecule has 1 fully saturated rings. The summed E-state index contributed by atoms with van der Waals surface area (Å²) in [6, 6.07) is 6.40. The van der Waals surface area contributed by atoms with Crippen molar-refractivity contribution in [2.45, 2.75) is 0 Å². The quantitative estimate of drug-likeness (QED) is 0.380. The van der Waals surface area contributed by atoms with Crippen LogP contribution in [0.15, 0.2) is 61.6 Å². The third-order valence-corrected chi connectivity index (χ3v) is 6.48. The van der Waals surface area contributed by atoms with Crippen molar-refractivity contribution in [3.05, 3.63) is 72.4 Å². The van der Waals surface area contributed by atoms with E-state index >= 15 is 0 Å². The van der Waals surface area contributed by atoms with Crippen LogP contribution in [0.25, 0.3) is 27.8 Å². The van der Waals surface area contributed by atoms with Gasteiger partial charge in [0, 0.05) is 80.3 Å². The summed E-state index contributed by atoms with van der Waals surface area (Å²) in [5, 5.41) is 8.99. The molecule has 5 aromatic rings. The lowest BCUT2D eigenvalue weighted by molar-refractivity contribution is 0.628. The van der Waals surface area contributed by atoms with E-state index in [1.54, 1.807) is 29.5 Å². The zero-order valence-corrected chi connectivity index (χ0v) is 19.6. The fraction of sp³-hybridized carbons (Fsp3) is 0.208. The summed E-state index contributed by atoms with van der Waals surface area (Å²) >= 11 is 6.18. The summed E-state index contributed by atoms with van der Waals surface area (Å²) in [6.07, 6.45) is 10.9. The second-order valence-corrected chi connectivity index (χ2v) is 8.82. The van der Waals surface area contributed by atoms with Gasteiger partial charge in [-0.15, -0.1) is 0 Å². The largest absolute Gasteiger partial charge is 0.351 e. The highest BCUT2D eigenvalue weighted by molar-refractivity contribution is 6.33. The van der Waals surface area contributed by atoms with E-state index in [1.165, 1.54) is 12.1 Å². The zero-order valence-electron chi connectivity index (χ0n) is 18.9. The van der Waals surface area contributed by atoms with Crippen LogP contribution < -0.4 is 9.80 Å². The standard InChI is InChI=1S/C24H21ClFN9/c1-32-13-18(12-30-32)16-8-22-23(29-15-31-35(22)14-16)33-4-6-34(7-5-33)24-27-10-17(11-28-24)20-3-2-19(26)9-21(20)25/h2-3,8-15H,4-7H2,1H3. The zero-order chi connectivity index (χ0) is 23.9. The number of anilines is 2.